The third-order valence-corrected chi connectivity index (χ3v) is 3.24. The molecule has 1 aromatic rings. The van der Waals surface area contributed by atoms with Crippen molar-refractivity contribution < 1.29 is 9.84 Å². The predicted molar refractivity (Wildman–Crippen MR) is 68.3 cm³/mol. The normalized spacial score (nSPS) is 20.7. The maximum Gasteiger partial charge on any atom is 0.161 e. The first-order chi connectivity index (χ1) is 8.19. The third-order valence-electron chi connectivity index (χ3n) is 3.24. The van der Waals surface area contributed by atoms with Crippen molar-refractivity contribution in [2.45, 2.75) is 26.8 Å². The topological polar surface area (TPSA) is 32.7 Å². The lowest BCUT2D eigenvalue weighted by molar-refractivity contribution is 0.309. The molecule has 1 aliphatic heterocycles. The summed E-state index contributed by atoms with van der Waals surface area (Å²) in [4.78, 5) is 2.45. The van der Waals surface area contributed by atoms with Gasteiger partial charge in [0.2, 0.25) is 0 Å². The number of nitrogens with zero attached hydrogens (tertiary/aromatic N) is 1. The zero-order chi connectivity index (χ0) is 12.3. The maximum atomic E-state index is 9.63. The minimum absolute atomic E-state index is 0.227. The Balaban J connectivity index is 2.03. The molecular weight excluding hydrogens is 214 g/mol. The van der Waals surface area contributed by atoms with Crippen LogP contribution in [0.25, 0.3) is 0 Å². The molecule has 1 saturated heterocycles. The van der Waals surface area contributed by atoms with Crippen molar-refractivity contribution in [2.75, 3.05) is 19.7 Å². The second-order valence-electron chi connectivity index (χ2n) is 4.86. The van der Waals surface area contributed by atoms with E-state index in [1.165, 1.54) is 25.1 Å². The van der Waals surface area contributed by atoms with Gasteiger partial charge in [-0.3, -0.25) is 4.90 Å². The summed E-state index contributed by atoms with van der Waals surface area (Å²) in [7, 11) is 0. The lowest BCUT2D eigenvalue weighted by atomic mass is 10.1. The molecule has 3 nitrogen and oxygen atoms in total. The number of phenols is 1. The molecule has 94 valence electrons. The lowest BCUT2D eigenvalue weighted by Gasteiger charge is -2.16. The van der Waals surface area contributed by atoms with E-state index in [-0.39, 0.29) is 5.75 Å². The highest BCUT2D eigenvalue weighted by atomic mass is 16.5. The van der Waals surface area contributed by atoms with Gasteiger partial charge in [0.15, 0.2) is 11.5 Å². The van der Waals surface area contributed by atoms with E-state index in [1.807, 2.05) is 19.1 Å². The molecular formula is C14H21NO2. The highest BCUT2D eigenvalue weighted by molar-refractivity contribution is 5.41. The summed E-state index contributed by atoms with van der Waals surface area (Å²) in [6.07, 6.45) is 1.29. The fraction of sp³-hybridized carbons (Fsp3) is 0.571. The number of phenolic OH excluding ortho intramolecular Hbond substituents is 1. The highest BCUT2D eigenvalue weighted by Crippen LogP contribution is 2.28. The van der Waals surface area contributed by atoms with Gasteiger partial charge in [0.05, 0.1) is 6.61 Å². The summed E-state index contributed by atoms with van der Waals surface area (Å²) >= 11 is 0. The number of likely N-dealkylation sites (tertiary alicyclic amines) is 1. The summed E-state index contributed by atoms with van der Waals surface area (Å²) in [5, 5.41) is 9.63. The van der Waals surface area contributed by atoms with Gasteiger partial charge in [0.25, 0.3) is 0 Å². The second kappa shape index (κ2) is 5.41. The van der Waals surface area contributed by atoms with Crippen LogP contribution in [0.2, 0.25) is 0 Å². The van der Waals surface area contributed by atoms with Crippen LogP contribution in [-0.2, 0) is 6.54 Å². The van der Waals surface area contributed by atoms with Crippen molar-refractivity contribution in [3.63, 3.8) is 0 Å². The first-order valence-corrected chi connectivity index (χ1v) is 6.36. The number of ether oxygens (including phenoxy) is 1. The van der Waals surface area contributed by atoms with E-state index in [1.54, 1.807) is 6.07 Å². The molecule has 0 saturated carbocycles. The molecule has 0 radical (unpaired) electrons. The van der Waals surface area contributed by atoms with Crippen LogP contribution in [0, 0.1) is 5.92 Å². The standard InChI is InChI=1S/C14H21NO2/c1-3-17-14-8-12(4-5-13(14)16)10-15-7-6-11(2)9-15/h4-5,8,11,16H,3,6-7,9-10H2,1-2H3. The minimum atomic E-state index is 0.227. The largest absolute Gasteiger partial charge is 0.504 e. The number of rotatable bonds is 4. The van der Waals surface area contributed by atoms with Crippen LogP contribution >= 0.6 is 0 Å². The maximum absolute atomic E-state index is 9.63. The number of hydrogen-bond donors (Lipinski definition) is 1. The van der Waals surface area contributed by atoms with E-state index >= 15 is 0 Å². The Morgan fingerprint density at radius 2 is 2.29 bits per heavy atom. The van der Waals surface area contributed by atoms with Gasteiger partial charge in [0, 0.05) is 13.1 Å². The van der Waals surface area contributed by atoms with Crippen LogP contribution in [0.5, 0.6) is 11.5 Å². The third kappa shape index (κ3) is 3.13. The molecule has 1 fully saturated rings. The van der Waals surface area contributed by atoms with Gasteiger partial charge < -0.3 is 9.84 Å². The molecule has 0 amide bonds. The van der Waals surface area contributed by atoms with Crippen LogP contribution in [0.15, 0.2) is 18.2 Å². The summed E-state index contributed by atoms with van der Waals surface area (Å²) in [5.74, 6) is 1.63. The van der Waals surface area contributed by atoms with E-state index in [4.69, 9.17) is 4.74 Å². The molecule has 1 unspecified atom stereocenters. The van der Waals surface area contributed by atoms with E-state index in [0.29, 0.717) is 12.4 Å². The van der Waals surface area contributed by atoms with Crippen molar-refractivity contribution in [1.82, 2.24) is 4.90 Å². The monoisotopic (exact) mass is 235 g/mol. The molecule has 3 heteroatoms. The quantitative estimate of drug-likeness (QED) is 0.870. The molecule has 17 heavy (non-hydrogen) atoms. The summed E-state index contributed by atoms with van der Waals surface area (Å²) in [6.45, 7) is 8.09. The molecule has 1 atom stereocenters. The molecule has 1 N–H and O–H groups in total. The molecule has 1 aliphatic rings. The average molecular weight is 235 g/mol. The summed E-state index contributed by atoms with van der Waals surface area (Å²) < 4.78 is 5.39. The number of hydrogen-bond acceptors (Lipinski definition) is 3. The summed E-state index contributed by atoms with van der Waals surface area (Å²) in [5.41, 5.74) is 1.21. The van der Waals surface area contributed by atoms with Crippen molar-refractivity contribution in [3.05, 3.63) is 23.8 Å². The number of benzene rings is 1. The first kappa shape index (κ1) is 12.2. The lowest BCUT2D eigenvalue weighted by Crippen LogP contribution is -2.19. The molecule has 0 aliphatic carbocycles. The van der Waals surface area contributed by atoms with Gasteiger partial charge in [0.1, 0.15) is 0 Å². The zero-order valence-electron chi connectivity index (χ0n) is 10.6. The van der Waals surface area contributed by atoms with Crippen molar-refractivity contribution in [3.8, 4) is 11.5 Å². The Labute approximate surface area is 103 Å². The van der Waals surface area contributed by atoms with Crippen LogP contribution in [0.3, 0.4) is 0 Å². The van der Waals surface area contributed by atoms with E-state index in [0.717, 1.165) is 12.5 Å². The fourth-order valence-electron chi connectivity index (χ4n) is 2.36. The van der Waals surface area contributed by atoms with Crippen molar-refractivity contribution in [1.29, 1.82) is 0 Å². The van der Waals surface area contributed by atoms with Crippen LogP contribution in [0.1, 0.15) is 25.8 Å². The summed E-state index contributed by atoms with van der Waals surface area (Å²) in [6, 6.07) is 5.64. The molecule has 1 aromatic carbocycles. The Hall–Kier alpha value is -1.22. The fourth-order valence-corrected chi connectivity index (χ4v) is 2.36. The van der Waals surface area contributed by atoms with Gasteiger partial charge in [-0.1, -0.05) is 13.0 Å². The van der Waals surface area contributed by atoms with Crippen molar-refractivity contribution in [2.24, 2.45) is 5.92 Å². The highest BCUT2D eigenvalue weighted by Gasteiger charge is 2.18. The van der Waals surface area contributed by atoms with E-state index in [9.17, 15) is 5.11 Å². The van der Waals surface area contributed by atoms with Gasteiger partial charge in [-0.05, 0) is 43.5 Å². The van der Waals surface area contributed by atoms with Gasteiger partial charge >= 0.3 is 0 Å². The predicted octanol–water partition coefficient (Wildman–Crippen LogP) is 2.63. The Bertz CT molecular complexity index is 378. The first-order valence-electron chi connectivity index (χ1n) is 6.36. The van der Waals surface area contributed by atoms with E-state index < -0.39 is 0 Å². The number of aromatic hydroxyl groups is 1. The van der Waals surface area contributed by atoms with Gasteiger partial charge in [-0.2, -0.15) is 0 Å². The van der Waals surface area contributed by atoms with Crippen LogP contribution in [-0.4, -0.2) is 29.7 Å². The average Bonchev–Trinajstić information content (AvgIpc) is 2.69. The SMILES string of the molecule is CCOc1cc(CN2CCC(C)C2)ccc1O. The van der Waals surface area contributed by atoms with Crippen LogP contribution < -0.4 is 4.74 Å². The van der Waals surface area contributed by atoms with E-state index in [2.05, 4.69) is 11.8 Å². The smallest absolute Gasteiger partial charge is 0.161 e. The van der Waals surface area contributed by atoms with Gasteiger partial charge in [-0.15, -0.1) is 0 Å². The zero-order valence-corrected chi connectivity index (χ0v) is 10.6. The van der Waals surface area contributed by atoms with Gasteiger partial charge in [-0.25, -0.2) is 0 Å². The Morgan fingerprint density at radius 3 is 2.94 bits per heavy atom. The second-order valence-corrected chi connectivity index (χ2v) is 4.86. The minimum Gasteiger partial charge on any atom is -0.504 e. The van der Waals surface area contributed by atoms with Crippen LogP contribution in [0.4, 0.5) is 0 Å². The Kier molecular flexibility index (Phi) is 3.89. The molecule has 0 bridgehead atoms. The van der Waals surface area contributed by atoms with Crippen molar-refractivity contribution >= 4 is 0 Å². The molecule has 2 rings (SSSR count). The molecule has 0 aromatic heterocycles. The molecule has 1 heterocycles. The molecule has 0 spiro atoms. The Morgan fingerprint density at radius 1 is 1.47 bits per heavy atom.